The lowest BCUT2D eigenvalue weighted by atomic mass is 10.1. The zero-order valence-corrected chi connectivity index (χ0v) is 13.3. The molecule has 0 aromatic carbocycles. The Labute approximate surface area is 135 Å². The molecule has 2 aromatic rings. The number of aliphatic imine (C=N–C) groups is 1. The Morgan fingerprint density at radius 1 is 1.45 bits per heavy atom. The standard InChI is InChI=1S/C15H14BrN5O/c16-10-4-11-9(6-17-13(11)18-7-10)3-12-14(22)21-15(20-12)19-5-8-1-2-8/h3-4,6-8,22H,1-2,5H2,(H2,19,20,21)/b9-3-. The number of anilines is 1. The van der Waals surface area contributed by atoms with Crippen LogP contribution in [0.15, 0.2) is 21.7 Å². The van der Waals surface area contributed by atoms with Crippen LogP contribution in [0.2, 0.25) is 0 Å². The lowest BCUT2D eigenvalue weighted by molar-refractivity contribution is 0.455. The van der Waals surface area contributed by atoms with Gasteiger partial charge < -0.3 is 15.4 Å². The van der Waals surface area contributed by atoms with Crippen LogP contribution < -0.4 is 5.32 Å². The quantitative estimate of drug-likeness (QED) is 0.781. The summed E-state index contributed by atoms with van der Waals surface area (Å²) in [6.07, 6.45) is 7.82. The summed E-state index contributed by atoms with van der Waals surface area (Å²) >= 11 is 3.41. The number of fused-ring (bicyclic) bond motifs is 1. The van der Waals surface area contributed by atoms with Crippen molar-refractivity contribution in [3.05, 3.63) is 28.0 Å². The molecule has 7 heteroatoms. The zero-order valence-electron chi connectivity index (χ0n) is 11.7. The molecule has 1 saturated carbocycles. The lowest BCUT2D eigenvalue weighted by Crippen LogP contribution is -2.04. The molecule has 0 saturated heterocycles. The number of nitrogens with zero attached hydrogens (tertiary/aromatic N) is 3. The molecule has 0 unspecified atom stereocenters. The smallest absolute Gasteiger partial charge is 0.238 e. The molecule has 1 aliphatic carbocycles. The van der Waals surface area contributed by atoms with Crippen LogP contribution in [0.4, 0.5) is 11.8 Å². The predicted octanol–water partition coefficient (Wildman–Crippen LogP) is 3.35. The molecule has 0 bridgehead atoms. The summed E-state index contributed by atoms with van der Waals surface area (Å²) in [4.78, 5) is 15.7. The number of nitrogens with one attached hydrogen (secondary N) is 2. The van der Waals surface area contributed by atoms with Crippen molar-refractivity contribution in [2.45, 2.75) is 12.8 Å². The van der Waals surface area contributed by atoms with Crippen LogP contribution in [0.3, 0.4) is 0 Å². The fourth-order valence-corrected chi connectivity index (χ4v) is 2.67. The fourth-order valence-electron chi connectivity index (χ4n) is 2.34. The number of aromatic amines is 1. The van der Waals surface area contributed by atoms with Crippen LogP contribution in [-0.4, -0.2) is 32.8 Å². The topological polar surface area (TPSA) is 86.2 Å². The monoisotopic (exact) mass is 359 g/mol. The number of aromatic nitrogens is 3. The Morgan fingerprint density at radius 3 is 3.14 bits per heavy atom. The number of hydrogen-bond donors (Lipinski definition) is 3. The van der Waals surface area contributed by atoms with Gasteiger partial charge in [0.25, 0.3) is 0 Å². The van der Waals surface area contributed by atoms with Crippen LogP contribution >= 0.6 is 15.9 Å². The Hall–Kier alpha value is -2.15. The molecule has 6 nitrogen and oxygen atoms in total. The summed E-state index contributed by atoms with van der Waals surface area (Å²) in [6, 6.07) is 1.96. The first-order valence-electron chi connectivity index (χ1n) is 7.13. The van der Waals surface area contributed by atoms with Gasteiger partial charge in [0.1, 0.15) is 5.69 Å². The van der Waals surface area contributed by atoms with E-state index in [0.29, 0.717) is 17.5 Å². The molecule has 2 aliphatic rings. The number of imidazole rings is 1. The largest absolute Gasteiger partial charge is 0.492 e. The number of rotatable bonds is 4. The molecular weight excluding hydrogens is 346 g/mol. The highest BCUT2D eigenvalue weighted by Gasteiger charge is 2.21. The third-order valence-corrected chi connectivity index (χ3v) is 4.17. The van der Waals surface area contributed by atoms with Gasteiger partial charge in [-0.2, -0.15) is 4.98 Å². The average Bonchev–Trinajstić information content (AvgIpc) is 3.16. The SMILES string of the molecule is Oc1nc(NCC2CC2)[nH]c1/C=C1/C=Nc2ncc(Br)cc21. The molecular formula is C15H14BrN5O. The van der Waals surface area contributed by atoms with Gasteiger partial charge in [-0.15, -0.1) is 0 Å². The first kappa shape index (κ1) is 13.5. The van der Waals surface area contributed by atoms with E-state index in [2.05, 4.69) is 41.2 Å². The Bertz CT molecular complexity index is 791. The van der Waals surface area contributed by atoms with E-state index < -0.39 is 0 Å². The minimum atomic E-state index is -0.0180. The number of H-pyrrole nitrogens is 1. The van der Waals surface area contributed by atoms with E-state index in [9.17, 15) is 5.11 Å². The highest BCUT2D eigenvalue weighted by atomic mass is 79.9. The number of hydrogen-bond acceptors (Lipinski definition) is 5. The zero-order chi connectivity index (χ0) is 15.1. The van der Waals surface area contributed by atoms with E-state index in [-0.39, 0.29) is 5.88 Å². The van der Waals surface area contributed by atoms with Crippen LogP contribution in [-0.2, 0) is 0 Å². The Kier molecular flexibility index (Phi) is 3.22. The second-order valence-corrected chi connectivity index (χ2v) is 6.45. The van der Waals surface area contributed by atoms with Crippen molar-refractivity contribution in [2.24, 2.45) is 10.9 Å². The molecule has 2 aromatic heterocycles. The van der Waals surface area contributed by atoms with Gasteiger partial charge in [0.2, 0.25) is 11.8 Å². The van der Waals surface area contributed by atoms with Crippen LogP contribution in [0.1, 0.15) is 24.1 Å². The van der Waals surface area contributed by atoms with E-state index in [1.165, 1.54) is 12.8 Å². The van der Waals surface area contributed by atoms with Crippen molar-refractivity contribution in [3.63, 3.8) is 0 Å². The van der Waals surface area contributed by atoms with Gasteiger partial charge in [-0.25, -0.2) is 9.98 Å². The van der Waals surface area contributed by atoms with E-state index in [1.54, 1.807) is 12.4 Å². The maximum atomic E-state index is 9.98. The molecule has 0 radical (unpaired) electrons. The summed E-state index contributed by atoms with van der Waals surface area (Å²) in [7, 11) is 0. The highest BCUT2D eigenvalue weighted by molar-refractivity contribution is 9.10. The van der Waals surface area contributed by atoms with E-state index >= 15 is 0 Å². The van der Waals surface area contributed by atoms with Crippen molar-refractivity contribution in [1.82, 2.24) is 15.0 Å². The van der Waals surface area contributed by atoms with Gasteiger partial charge in [0, 0.05) is 34.6 Å². The third-order valence-electron chi connectivity index (χ3n) is 3.74. The maximum Gasteiger partial charge on any atom is 0.238 e. The lowest BCUT2D eigenvalue weighted by Gasteiger charge is -2.00. The Morgan fingerprint density at radius 2 is 2.32 bits per heavy atom. The second kappa shape index (κ2) is 5.24. The molecule has 1 aliphatic heterocycles. The van der Waals surface area contributed by atoms with Gasteiger partial charge >= 0.3 is 0 Å². The van der Waals surface area contributed by atoms with E-state index in [0.717, 1.165) is 28.1 Å². The fraction of sp³-hybridized carbons (Fsp3) is 0.267. The molecule has 0 spiro atoms. The first-order chi connectivity index (χ1) is 10.7. The summed E-state index contributed by atoms with van der Waals surface area (Å²) in [6.45, 7) is 0.893. The maximum absolute atomic E-state index is 9.98. The van der Waals surface area contributed by atoms with Gasteiger partial charge in [0.15, 0.2) is 5.82 Å². The molecule has 0 amide bonds. The van der Waals surface area contributed by atoms with Crippen molar-refractivity contribution >= 4 is 45.6 Å². The van der Waals surface area contributed by atoms with Crippen molar-refractivity contribution < 1.29 is 5.11 Å². The van der Waals surface area contributed by atoms with E-state index in [1.807, 2.05) is 12.1 Å². The van der Waals surface area contributed by atoms with Gasteiger partial charge in [-0.3, -0.25) is 0 Å². The molecule has 22 heavy (non-hydrogen) atoms. The molecule has 4 rings (SSSR count). The number of halogens is 1. The summed E-state index contributed by atoms with van der Waals surface area (Å²) in [5.74, 6) is 2.00. The first-order valence-corrected chi connectivity index (χ1v) is 7.93. The van der Waals surface area contributed by atoms with Crippen LogP contribution in [0, 0.1) is 5.92 Å². The Balaban J connectivity index is 1.61. The molecule has 112 valence electrons. The van der Waals surface area contributed by atoms with Crippen LogP contribution in [0.25, 0.3) is 11.6 Å². The highest BCUT2D eigenvalue weighted by Crippen LogP contribution is 2.34. The van der Waals surface area contributed by atoms with Gasteiger partial charge in [-0.05, 0) is 46.8 Å². The van der Waals surface area contributed by atoms with Crippen molar-refractivity contribution in [2.75, 3.05) is 11.9 Å². The van der Waals surface area contributed by atoms with Crippen LogP contribution in [0.5, 0.6) is 5.88 Å². The number of aromatic hydroxyl groups is 1. The summed E-state index contributed by atoms with van der Waals surface area (Å²) in [5, 5.41) is 13.2. The predicted molar refractivity (Wildman–Crippen MR) is 89.4 cm³/mol. The average molecular weight is 360 g/mol. The molecule has 3 N–H and O–H groups in total. The van der Waals surface area contributed by atoms with Gasteiger partial charge in [-0.1, -0.05) is 0 Å². The molecule has 3 heterocycles. The number of pyridine rings is 1. The van der Waals surface area contributed by atoms with E-state index in [4.69, 9.17) is 0 Å². The summed E-state index contributed by atoms with van der Waals surface area (Å²) in [5.41, 5.74) is 2.37. The minimum Gasteiger partial charge on any atom is -0.492 e. The second-order valence-electron chi connectivity index (χ2n) is 5.53. The minimum absolute atomic E-state index is 0.0180. The normalized spacial score (nSPS) is 18.0. The molecule has 0 atom stereocenters. The van der Waals surface area contributed by atoms with Gasteiger partial charge in [0.05, 0.1) is 0 Å². The molecule has 1 fully saturated rings. The third kappa shape index (κ3) is 2.64. The number of allylic oxidation sites excluding steroid dienone is 1. The van der Waals surface area contributed by atoms with Crippen molar-refractivity contribution in [3.8, 4) is 5.88 Å². The summed E-state index contributed by atoms with van der Waals surface area (Å²) < 4.78 is 0.892. The van der Waals surface area contributed by atoms with Crippen molar-refractivity contribution in [1.29, 1.82) is 0 Å².